The molecule has 0 spiro atoms. The smallest absolute Gasteiger partial charge is 0.0700 e. The molecule has 0 radical (unpaired) electrons. The molecule has 0 aliphatic heterocycles. The van der Waals surface area contributed by atoms with Crippen LogP contribution in [0.1, 0.15) is 20.3 Å². The number of ether oxygens (including phenoxy) is 2. The highest BCUT2D eigenvalue weighted by Crippen LogP contribution is 2.13. The van der Waals surface area contributed by atoms with Gasteiger partial charge >= 0.3 is 0 Å². The molecule has 0 aliphatic rings. The van der Waals surface area contributed by atoms with Gasteiger partial charge < -0.3 is 14.6 Å². The molecule has 0 amide bonds. The van der Waals surface area contributed by atoms with Crippen molar-refractivity contribution in [2.75, 3.05) is 33.5 Å². The first kappa shape index (κ1) is 12.9. The molecule has 0 saturated carbocycles. The lowest BCUT2D eigenvalue weighted by Gasteiger charge is -2.17. The largest absolute Gasteiger partial charge is 0.396 e. The normalized spacial score (nSPS) is 13.6. The zero-order valence-electron chi connectivity index (χ0n) is 8.95. The standard InChI is InChI=1S/C10H22O3/c1-9(2)10(8-11)4-5-13-7-6-12-3/h9-11H,4-8H2,1-3H3. The minimum absolute atomic E-state index is 0.255. The molecule has 3 nitrogen and oxygen atoms in total. The highest BCUT2D eigenvalue weighted by Gasteiger charge is 2.11. The van der Waals surface area contributed by atoms with Crippen LogP contribution in [0.5, 0.6) is 0 Å². The third kappa shape index (κ3) is 6.99. The van der Waals surface area contributed by atoms with Crippen LogP contribution in [0.25, 0.3) is 0 Å². The van der Waals surface area contributed by atoms with Gasteiger partial charge in [-0.1, -0.05) is 13.8 Å². The zero-order valence-corrected chi connectivity index (χ0v) is 8.95. The summed E-state index contributed by atoms with van der Waals surface area (Å²) in [5.74, 6) is 0.888. The Morgan fingerprint density at radius 2 is 1.85 bits per heavy atom. The van der Waals surface area contributed by atoms with Gasteiger partial charge in [-0.3, -0.25) is 0 Å². The van der Waals surface area contributed by atoms with Crippen molar-refractivity contribution in [1.82, 2.24) is 0 Å². The summed E-state index contributed by atoms with van der Waals surface area (Å²) >= 11 is 0. The third-order valence-corrected chi connectivity index (χ3v) is 2.24. The van der Waals surface area contributed by atoms with Crippen LogP contribution in [0.3, 0.4) is 0 Å². The van der Waals surface area contributed by atoms with Crippen molar-refractivity contribution in [3.05, 3.63) is 0 Å². The molecule has 0 aromatic rings. The maximum atomic E-state index is 9.02. The second-order valence-electron chi connectivity index (χ2n) is 3.58. The predicted octanol–water partition coefficient (Wildman–Crippen LogP) is 1.30. The summed E-state index contributed by atoms with van der Waals surface area (Å²) in [5.41, 5.74) is 0. The van der Waals surface area contributed by atoms with E-state index >= 15 is 0 Å². The molecule has 0 aliphatic carbocycles. The summed E-state index contributed by atoms with van der Waals surface area (Å²) in [6.45, 7) is 6.50. The Kier molecular flexibility index (Phi) is 8.40. The van der Waals surface area contributed by atoms with Crippen LogP contribution in [0.4, 0.5) is 0 Å². The number of rotatable bonds is 8. The molecule has 0 aromatic carbocycles. The lowest BCUT2D eigenvalue weighted by Crippen LogP contribution is -2.16. The van der Waals surface area contributed by atoms with Gasteiger partial charge in [-0.25, -0.2) is 0 Å². The summed E-state index contributed by atoms with van der Waals surface area (Å²) in [6.07, 6.45) is 0.928. The molecular weight excluding hydrogens is 168 g/mol. The van der Waals surface area contributed by atoms with Crippen LogP contribution in [-0.4, -0.2) is 38.6 Å². The molecular formula is C10H22O3. The van der Waals surface area contributed by atoms with Crippen LogP contribution in [-0.2, 0) is 9.47 Å². The zero-order chi connectivity index (χ0) is 10.1. The fourth-order valence-corrected chi connectivity index (χ4v) is 1.11. The molecule has 3 heteroatoms. The van der Waals surface area contributed by atoms with Gasteiger partial charge in [-0.2, -0.15) is 0 Å². The molecule has 0 fully saturated rings. The van der Waals surface area contributed by atoms with Crippen LogP contribution in [0.15, 0.2) is 0 Å². The van der Waals surface area contributed by atoms with Crippen LogP contribution in [0, 0.1) is 11.8 Å². The van der Waals surface area contributed by atoms with E-state index < -0.39 is 0 Å². The van der Waals surface area contributed by atoms with E-state index in [9.17, 15) is 0 Å². The predicted molar refractivity (Wildman–Crippen MR) is 52.7 cm³/mol. The molecule has 0 saturated heterocycles. The quantitative estimate of drug-likeness (QED) is 0.586. The minimum atomic E-state index is 0.255. The van der Waals surface area contributed by atoms with Crippen molar-refractivity contribution in [2.24, 2.45) is 11.8 Å². The Bertz CT molecular complexity index is 104. The van der Waals surface area contributed by atoms with Crippen LogP contribution in [0.2, 0.25) is 0 Å². The Hall–Kier alpha value is -0.120. The number of aliphatic hydroxyl groups is 1. The van der Waals surface area contributed by atoms with Crippen molar-refractivity contribution in [3.63, 3.8) is 0 Å². The first-order chi connectivity index (χ1) is 6.22. The average Bonchev–Trinajstić information content (AvgIpc) is 2.10. The minimum Gasteiger partial charge on any atom is -0.396 e. The molecule has 1 unspecified atom stereocenters. The van der Waals surface area contributed by atoms with E-state index in [0.29, 0.717) is 31.7 Å². The van der Waals surface area contributed by atoms with Crippen molar-refractivity contribution >= 4 is 0 Å². The molecule has 0 rings (SSSR count). The van der Waals surface area contributed by atoms with Gasteiger partial charge in [0.15, 0.2) is 0 Å². The molecule has 0 heterocycles. The van der Waals surface area contributed by atoms with E-state index in [-0.39, 0.29) is 6.61 Å². The van der Waals surface area contributed by atoms with Gasteiger partial charge in [0, 0.05) is 20.3 Å². The first-order valence-electron chi connectivity index (χ1n) is 4.90. The van der Waals surface area contributed by atoms with Gasteiger partial charge in [0.05, 0.1) is 13.2 Å². The highest BCUT2D eigenvalue weighted by atomic mass is 16.5. The Balaban J connectivity index is 3.28. The summed E-state index contributed by atoms with van der Waals surface area (Å²) < 4.78 is 10.2. The number of hydrogen-bond acceptors (Lipinski definition) is 3. The second kappa shape index (κ2) is 8.48. The number of hydrogen-bond donors (Lipinski definition) is 1. The van der Waals surface area contributed by atoms with Crippen LogP contribution < -0.4 is 0 Å². The van der Waals surface area contributed by atoms with Gasteiger partial charge in [0.1, 0.15) is 0 Å². The van der Waals surface area contributed by atoms with Gasteiger partial charge in [0.2, 0.25) is 0 Å². The molecule has 13 heavy (non-hydrogen) atoms. The lowest BCUT2D eigenvalue weighted by molar-refractivity contribution is 0.0536. The Labute approximate surface area is 81.0 Å². The topological polar surface area (TPSA) is 38.7 Å². The fourth-order valence-electron chi connectivity index (χ4n) is 1.11. The maximum Gasteiger partial charge on any atom is 0.0700 e. The summed E-state index contributed by atoms with van der Waals surface area (Å²) in [7, 11) is 1.66. The third-order valence-electron chi connectivity index (χ3n) is 2.24. The fraction of sp³-hybridized carbons (Fsp3) is 1.00. The van der Waals surface area contributed by atoms with Gasteiger partial charge in [-0.05, 0) is 18.3 Å². The van der Waals surface area contributed by atoms with E-state index in [1.165, 1.54) is 0 Å². The first-order valence-corrected chi connectivity index (χ1v) is 4.90. The van der Waals surface area contributed by atoms with E-state index in [0.717, 1.165) is 6.42 Å². The van der Waals surface area contributed by atoms with E-state index in [2.05, 4.69) is 13.8 Å². The van der Waals surface area contributed by atoms with E-state index in [1.54, 1.807) is 7.11 Å². The SMILES string of the molecule is COCCOCCC(CO)C(C)C. The molecule has 80 valence electrons. The van der Waals surface area contributed by atoms with Crippen molar-refractivity contribution in [3.8, 4) is 0 Å². The van der Waals surface area contributed by atoms with Gasteiger partial charge in [-0.15, -0.1) is 0 Å². The Morgan fingerprint density at radius 1 is 1.15 bits per heavy atom. The average molecular weight is 190 g/mol. The Morgan fingerprint density at radius 3 is 2.31 bits per heavy atom. The van der Waals surface area contributed by atoms with Gasteiger partial charge in [0.25, 0.3) is 0 Å². The molecule has 0 bridgehead atoms. The maximum absolute atomic E-state index is 9.02. The number of methoxy groups -OCH3 is 1. The summed E-state index contributed by atoms with van der Waals surface area (Å²) in [4.78, 5) is 0. The summed E-state index contributed by atoms with van der Waals surface area (Å²) in [6, 6.07) is 0. The molecule has 1 N–H and O–H groups in total. The van der Waals surface area contributed by atoms with Crippen molar-refractivity contribution in [1.29, 1.82) is 0 Å². The van der Waals surface area contributed by atoms with E-state index in [1.807, 2.05) is 0 Å². The highest BCUT2D eigenvalue weighted by molar-refractivity contribution is 4.60. The lowest BCUT2D eigenvalue weighted by atomic mass is 9.94. The summed E-state index contributed by atoms with van der Waals surface area (Å²) in [5, 5.41) is 9.02. The van der Waals surface area contributed by atoms with E-state index in [4.69, 9.17) is 14.6 Å². The van der Waals surface area contributed by atoms with Crippen LogP contribution >= 0.6 is 0 Å². The molecule has 1 atom stereocenters. The number of aliphatic hydroxyl groups excluding tert-OH is 1. The van der Waals surface area contributed by atoms with Crippen molar-refractivity contribution < 1.29 is 14.6 Å². The van der Waals surface area contributed by atoms with Crippen molar-refractivity contribution in [2.45, 2.75) is 20.3 Å². The second-order valence-corrected chi connectivity index (χ2v) is 3.58. The monoisotopic (exact) mass is 190 g/mol. The molecule has 0 aromatic heterocycles.